The van der Waals surface area contributed by atoms with Crippen LogP contribution in [0.15, 0.2) is 30.3 Å². The van der Waals surface area contributed by atoms with E-state index in [9.17, 15) is 9.90 Å². The molecule has 1 amide bonds. The first-order chi connectivity index (χ1) is 12.0. The van der Waals surface area contributed by atoms with Crippen LogP contribution in [0.5, 0.6) is 11.5 Å². The first-order valence-corrected chi connectivity index (χ1v) is 8.55. The van der Waals surface area contributed by atoms with Gasteiger partial charge in [0.2, 0.25) is 5.91 Å². The number of hydrogen-bond acceptors (Lipinski definition) is 4. The van der Waals surface area contributed by atoms with E-state index >= 15 is 0 Å². The molecule has 2 aromatic rings. The van der Waals surface area contributed by atoms with Crippen molar-refractivity contribution in [2.75, 3.05) is 25.5 Å². The third-order valence-electron chi connectivity index (χ3n) is 4.48. The van der Waals surface area contributed by atoms with Gasteiger partial charge < -0.3 is 20.5 Å². The zero-order valence-electron chi connectivity index (χ0n) is 14.2. The molecular formula is C19H21ClN2O3. The van der Waals surface area contributed by atoms with Crippen molar-refractivity contribution in [2.24, 2.45) is 0 Å². The summed E-state index contributed by atoms with van der Waals surface area (Å²) < 4.78 is 5.22. The van der Waals surface area contributed by atoms with Crippen LogP contribution in [0, 0.1) is 0 Å². The molecule has 3 N–H and O–H groups in total. The summed E-state index contributed by atoms with van der Waals surface area (Å²) in [6.07, 6.45) is 0.730. The van der Waals surface area contributed by atoms with Crippen molar-refractivity contribution in [1.82, 2.24) is 5.32 Å². The van der Waals surface area contributed by atoms with Gasteiger partial charge in [0.15, 0.2) is 0 Å². The van der Waals surface area contributed by atoms with Crippen LogP contribution in [0.2, 0.25) is 5.02 Å². The maximum absolute atomic E-state index is 11.4. The van der Waals surface area contributed by atoms with E-state index in [1.807, 2.05) is 24.3 Å². The number of nitrogens with one attached hydrogen (secondary N) is 2. The minimum atomic E-state index is -0.268. The van der Waals surface area contributed by atoms with Gasteiger partial charge in [-0.05, 0) is 47.9 Å². The minimum absolute atomic E-state index is 0.0145. The molecule has 1 aliphatic rings. The van der Waals surface area contributed by atoms with E-state index in [0.717, 1.165) is 42.0 Å². The number of methoxy groups -OCH3 is 1. The molecule has 25 heavy (non-hydrogen) atoms. The fraction of sp³-hybridized carbons (Fsp3) is 0.316. The number of fused-ring (bicyclic) bond motifs is 1. The highest BCUT2D eigenvalue weighted by atomic mass is 35.5. The largest absolute Gasteiger partial charge is 0.506 e. The molecule has 1 unspecified atom stereocenters. The van der Waals surface area contributed by atoms with E-state index in [4.69, 9.17) is 16.3 Å². The quantitative estimate of drug-likeness (QED) is 0.734. The molecule has 6 heteroatoms. The normalized spacial score (nSPS) is 16.7. The number of halogens is 1. The van der Waals surface area contributed by atoms with Gasteiger partial charge in [0, 0.05) is 19.4 Å². The van der Waals surface area contributed by atoms with E-state index in [1.165, 1.54) is 6.92 Å². The average Bonchev–Trinajstić information content (AvgIpc) is 2.81. The van der Waals surface area contributed by atoms with Crippen LogP contribution in [-0.2, 0) is 11.2 Å². The number of anilines is 1. The van der Waals surface area contributed by atoms with Crippen molar-refractivity contribution in [1.29, 1.82) is 0 Å². The van der Waals surface area contributed by atoms with Crippen molar-refractivity contribution in [3.05, 3.63) is 52.0 Å². The molecule has 1 heterocycles. The van der Waals surface area contributed by atoms with Gasteiger partial charge in [0.25, 0.3) is 0 Å². The number of carbonyl (C=O) groups excluding carboxylic acids is 1. The Morgan fingerprint density at radius 2 is 2.08 bits per heavy atom. The lowest BCUT2D eigenvalue weighted by molar-refractivity contribution is -0.114. The highest BCUT2D eigenvalue weighted by molar-refractivity contribution is 6.35. The molecule has 0 radical (unpaired) electrons. The van der Waals surface area contributed by atoms with Crippen molar-refractivity contribution in [2.45, 2.75) is 19.3 Å². The Bertz CT molecular complexity index is 790. The third-order valence-corrected chi connectivity index (χ3v) is 4.89. The number of rotatable bonds is 3. The minimum Gasteiger partial charge on any atom is -0.506 e. The Morgan fingerprint density at radius 1 is 1.36 bits per heavy atom. The number of ether oxygens (including phenoxy) is 1. The smallest absolute Gasteiger partial charge is 0.221 e. The topological polar surface area (TPSA) is 70.6 Å². The second-order valence-electron chi connectivity index (χ2n) is 6.11. The molecule has 0 bridgehead atoms. The third kappa shape index (κ3) is 3.57. The summed E-state index contributed by atoms with van der Waals surface area (Å²) in [4.78, 5) is 11.4. The van der Waals surface area contributed by atoms with E-state index in [1.54, 1.807) is 13.2 Å². The summed E-state index contributed by atoms with van der Waals surface area (Å²) in [7, 11) is 1.64. The van der Waals surface area contributed by atoms with Crippen LogP contribution in [0.1, 0.15) is 29.5 Å². The lowest BCUT2D eigenvalue weighted by atomic mass is 9.87. The predicted molar refractivity (Wildman–Crippen MR) is 98.8 cm³/mol. The molecule has 0 aromatic heterocycles. The summed E-state index contributed by atoms with van der Waals surface area (Å²) in [5, 5.41) is 16.8. The maximum Gasteiger partial charge on any atom is 0.221 e. The summed E-state index contributed by atoms with van der Waals surface area (Å²) in [5.74, 6) is 0.570. The Balaban J connectivity index is 2.08. The Morgan fingerprint density at radius 3 is 2.72 bits per heavy atom. The molecule has 0 spiro atoms. The van der Waals surface area contributed by atoms with Crippen LogP contribution >= 0.6 is 11.6 Å². The van der Waals surface area contributed by atoms with Gasteiger partial charge in [0.05, 0.1) is 12.1 Å². The molecule has 1 atom stereocenters. The number of hydrogen-bond donors (Lipinski definition) is 3. The Kier molecular flexibility index (Phi) is 5.16. The predicted octanol–water partition coefficient (Wildman–Crippen LogP) is 3.29. The highest BCUT2D eigenvalue weighted by Gasteiger charge is 2.25. The highest BCUT2D eigenvalue weighted by Crippen LogP contribution is 2.42. The fourth-order valence-corrected chi connectivity index (χ4v) is 3.61. The van der Waals surface area contributed by atoms with Crippen molar-refractivity contribution in [3.8, 4) is 11.5 Å². The van der Waals surface area contributed by atoms with Crippen LogP contribution in [-0.4, -0.2) is 31.2 Å². The molecule has 0 saturated carbocycles. The van der Waals surface area contributed by atoms with Gasteiger partial charge in [-0.15, -0.1) is 0 Å². The number of aromatic hydroxyl groups is 1. The lowest BCUT2D eigenvalue weighted by Gasteiger charge is -2.21. The molecule has 2 aromatic carbocycles. The number of benzene rings is 2. The molecule has 132 valence electrons. The van der Waals surface area contributed by atoms with E-state index in [-0.39, 0.29) is 23.3 Å². The monoisotopic (exact) mass is 360 g/mol. The lowest BCUT2D eigenvalue weighted by Crippen LogP contribution is -2.20. The van der Waals surface area contributed by atoms with Gasteiger partial charge in [-0.25, -0.2) is 0 Å². The summed E-state index contributed by atoms with van der Waals surface area (Å²) in [6, 6.07) is 9.61. The molecule has 0 aliphatic carbocycles. The van der Waals surface area contributed by atoms with E-state index in [2.05, 4.69) is 10.6 Å². The summed E-state index contributed by atoms with van der Waals surface area (Å²) in [5.41, 5.74) is 3.32. The van der Waals surface area contributed by atoms with Gasteiger partial charge in [-0.2, -0.15) is 0 Å². The van der Waals surface area contributed by atoms with Crippen LogP contribution < -0.4 is 15.4 Å². The first-order valence-electron chi connectivity index (χ1n) is 8.17. The molecular weight excluding hydrogens is 340 g/mol. The zero-order chi connectivity index (χ0) is 18.0. The zero-order valence-corrected chi connectivity index (χ0v) is 15.0. The average molecular weight is 361 g/mol. The van der Waals surface area contributed by atoms with Crippen molar-refractivity contribution >= 4 is 23.2 Å². The second-order valence-corrected chi connectivity index (χ2v) is 6.49. The molecule has 0 saturated heterocycles. The Labute approximate surface area is 152 Å². The Hall–Kier alpha value is -2.24. The number of amides is 1. The van der Waals surface area contributed by atoms with Gasteiger partial charge in [0.1, 0.15) is 17.2 Å². The van der Waals surface area contributed by atoms with Crippen molar-refractivity contribution in [3.63, 3.8) is 0 Å². The number of phenols is 1. The van der Waals surface area contributed by atoms with E-state index in [0.29, 0.717) is 5.02 Å². The SMILES string of the molecule is COc1ccc(C2CNCCc3c2cc(O)c(NC(C)=O)c3Cl)cc1. The standard InChI is InChI=1S/C19H21ClN2O3/c1-11(23)22-19-17(24)9-15-14(18(19)20)7-8-21-10-16(15)12-3-5-13(25-2)6-4-12/h3-6,9,16,21,24H,7-8,10H2,1-2H3,(H,22,23). The summed E-state index contributed by atoms with van der Waals surface area (Å²) >= 11 is 6.53. The summed E-state index contributed by atoms with van der Waals surface area (Å²) in [6.45, 7) is 2.92. The number of phenolic OH excluding ortho intramolecular Hbond substituents is 1. The maximum atomic E-state index is 11.4. The van der Waals surface area contributed by atoms with Crippen LogP contribution in [0.25, 0.3) is 0 Å². The molecule has 1 aliphatic heterocycles. The fourth-order valence-electron chi connectivity index (χ4n) is 3.26. The van der Waals surface area contributed by atoms with E-state index < -0.39 is 0 Å². The van der Waals surface area contributed by atoms with Crippen molar-refractivity contribution < 1.29 is 14.6 Å². The molecule has 0 fully saturated rings. The second kappa shape index (κ2) is 7.33. The van der Waals surface area contributed by atoms with Gasteiger partial charge >= 0.3 is 0 Å². The number of carbonyl (C=O) groups is 1. The first kappa shape index (κ1) is 17.6. The van der Waals surface area contributed by atoms with Gasteiger partial charge in [-0.3, -0.25) is 4.79 Å². The van der Waals surface area contributed by atoms with Crippen LogP contribution in [0.4, 0.5) is 5.69 Å². The molecule has 5 nitrogen and oxygen atoms in total. The van der Waals surface area contributed by atoms with Gasteiger partial charge in [-0.1, -0.05) is 23.7 Å². The van der Waals surface area contributed by atoms with Crippen LogP contribution in [0.3, 0.4) is 0 Å². The molecule has 3 rings (SSSR count).